The van der Waals surface area contributed by atoms with Gasteiger partial charge in [0.2, 0.25) is 5.39 Å². The van der Waals surface area contributed by atoms with Gasteiger partial charge in [0, 0.05) is 11.1 Å². The fraction of sp³-hybridized carbons (Fsp3) is 0.667. The molecule has 0 fully saturated rings. The molecular formula is C12H21N2O3Si+. The van der Waals surface area contributed by atoms with E-state index in [2.05, 4.69) is 10.9 Å². The molecule has 0 saturated heterocycles. The largest absolute Gasteiger partial charge is 0.488 e. The molecule has 0 aliphatic carbocycles. The fourth-order valence-electron chi connectivity index (χ4n) is 1.75. The molecule has 0 amide bonds. The van der Waals surface area contributed by atoms with Gasteiger partial charge in [-0.05, 0) is 6.92 Å². The summed E-state index contributed by atoms with van der Waals surface area (Å²) in [6.45, 7) is 9.59. The van der Waals surface area contributed by atoms with Gasteiger partial charge in [-0.3, -0.25) is 0 Å². The molecule has 1 atom stereocenters. The summed E-state index contributed by atoms with van der Waals surface area (Å²) in [5, 5.41) is 17.9. The minimum atomic E-state index is -2.77. The molecular weight excluding hydrogens is 248 g/mol. The van der Waals surface area contributed by atoms with E-state index in [1.165, 1.54) is 0 Å². The summed E-state index contributed by atoms with van der Waals surface area (Å²) in [7, 11) is -2.77. The van der Waals surface area contributed by atoms with Crippen molar-refractivity contribution in [1.29, 1.82) is 5.39 Å². The smallest absolute Gasteiger partial charge is 0.428 e. The molecule has 0 heterocycles. The van der Waals surface area contributed by atoms with Crippen LogP contribution in [0.4, 0.5) is 0 Å². The molecule has 6 heteroatoms. The zero-order valence-corrected chi connectivity index (χ0v) is 12.5. The van der Waals surface area contributed by atoms with Crippen LogP contribution in [-0.2, 0) is 8.85 Å². The van der Waals surface area contributed by atoms with Crippen molar-refractivity contribution in [3.05, 3.63) is 17.1 Å². The van der Waals surface area contributed by atoms with E-state index in [1.807, 2.05) is 27.7 Å². The first-order chi connectivity index (χ1) is 8.30. The van der Waals surface area contributed by atoms with Gasteiger partial charge in [-0.2, -0.15) is 0 Å². The second kappa shape index (κ2) is 7.05. The first-order valence-corrected chi connectivity index (χ1v) is 7.83. The van der Waals surface area contributed by atoms with Crippen LogP contribution in [-0.4, -0.2) is 19.8 Å². The highest BCUT2D eigenvalue weighted by atomic mass is 28.4. The predicted octanol–water partition coefficient (Wildman–Crippen LogP) is 3.51. The Labute approximate surface area is 110 Å². The normalized spacial score (nSPS) is 14.2. The van der Waals surface area contributed by atoms with Crippen LogP contribution in [0.1, 0.15) is 34.6 Å². The maximum absolute atomic E-state index is 9.56. The summed E-state index contributed by atoms with van der Waals surface area (Å²) in [6, 6.07) is 0. The monoisotopic (exact) mass is 269 g/mol. The van der Waals surface area contributed by atoms with Crippen LogP contribution < -0.4 is 0 Å². The van der Waals surface area contributed by atoms with Crippen molar-refractivity contribution in [1.82, 2.24) is 0 Å². The van der Waals surface area contributed by atoms with Crippen LogP contribution >= 0.6 is 0 Å². The van der Waals surface area contributed by atoms with E-state index in [1.54, 1.807) is 6.92 Å². The van der Waals surface area contributed by atoms with E-state index in [0.717, 1.165) is 6.20 Å². The quantitative estimate of drug-likeness (QED) is 0.347. The highest BCUT2D eigenvalue weighted by Crippen LogP contribution is 2.36. The Bertz CT molecular complexity index is 372. The maximum Gasteiger partial charge on any atom is 0.428 e. The lowest BCUT2D eigenvalue weighted by atomic mass is 10.4. The molecule has 0 spiro atoms. The van der Waals surface area contributed by atoms with Crippen molar-refractivity contribution in [2.24, 2.45) is 0 Å². The summed E-state index contributed by atoms with van der Waals surface area (Å²) in [5.41, 5.74) is 0.144. The molecule has 0 rings (SSSR count). The first-order valence-electron chi connectivity index (χ1n) is 5.86. The van der Waals surface area contributed by atoms with E-state index in [0.29, 0.717) is 0 Å². The molecule has 0 aliphatic heterocycles. The SMILES string of the molecule is C#CC(C)O[Si](O/C(O)=C/[N+]#N)(C(C)C)C(C)C. The summed E-state index contributed by atoms with van der Waals surface area (Å²) in [4.78, 5) is 2.73. The van der Waals surface area contributed by atoms with Crippen LogP contribution in [0.15, 0.2) is 12.1 Å². The van der Waals surface area contributed by atoms with Crippen LogP contribution in [0.25, 0.3) is 4.98 Å². The van der Waals surface area contributed by atoms with Crippen molar-refractivity contribution in [2.75, 3.05) is 0 Å². The average molecular weight is 269 g/mol. The van der Waals surface area contributed by atoms with Gasteiger partial charge in [-0.25, -0.2) is 0 Å². The number of diazo groups is 1. The molecule has 5 nitrogen and oxygen atoms in total. The minimum Gasteiger partial charge on any atom is -0.488 e. The third-order valence-electron chi connectivity index (χ3n) is 2.64. The van der Waals surface area contributed by atoms with Crippen molar-refractivity contribution in [2.45, 2.75) is 51.8 Å². The van der Waals surface area contributed by atoms with Crippen molar-refractivity contribution < 1.29 is 14.0 Å². The molecule has 0 aromatic heterocycles. The van der Waals surface area contributed by atoms with Gasteiger partial charge in [0.1, 0.15) is 6.10 Å². The van der Waals surface area contributed by atoms with Gasteiger partial charge in [-0.1, -0.05) is 33.6 Å². The molecule has 18 heavy (non-hydrogen) atoms. The maximum atomic E-state index is 9.56. The standard InChI is InChI=1S/C12H20N2O3Si/c1-7-11(6)16-18(9(2)3,10(4)5)17-12(15)8-14-13/h1,8-11H,2-6H3/p+1/b12-8+. The Kier molecular flexibility index (Phi) is 6.46. The molecule has 1 unspecified atom stereocenters. The second-order valence-corrected chi connectivity index (χ2v) is 8.83. The Morgan fingerprint density at radius 1 is 1.33 bits per heavy atom. The lowest BCUT2D eigenvalue weighted by Crippen LogP contribution is -2.49. The highest BCUT2D eigenvalue weighted by Gasteiger charge is 2.49. The van der Waals surface area contributed by atoms with E-state index in [9.17, 15) is 5.11 Å². The summed E-state index contributed by atoms with van der Waals surface area (Å²) >= 11 is 0. The number of hydrogen-bond donors (Lipinski definition) is 1. The van der Waals surface area contributed by atoms with E-state index in [-0.39, 0.29) is 11.1 Å². The number of aliphatic hydroxyl groups is 1. The Morgan fingerprint density at radius 3 is 2.17 bits per heavy atom. The van der Waals surface area contributed by atoms with Crippen LogP contribution in [0.5, 0.6) is 0 Å². The van der Waals surface area contributed by atoms with E-state index in [4.69, 9.17) is 20.7 Å². The minimum absolute atomic E-state index is 0.0718. The van der Waals surface area contributed by atoms with Gasteiger partial charge in [0.15, 0.2) is 4.98 Å². The molecule has 0 aromatic carbocycles. The van der Waals surface area contributed by atoms with Crippen molar-refractivity contribution in [3.8, 4) is 12.3 Å². The molecule has 0 saturated carbocycles. The van der Waals surface area contributed by atoms with Gasteiger partial charge >= 0.3 is 20.7 Å². The van der Waals surface area contributed by atoms with Crippen LogP contribution in [0.3, 0.4) is 0 Å². The predicted molar refractivity (Wildman–Crippen MR) is 72.2 cm³/mol. The molecule has 0 radical (unpaired) electrons. The van der Waals surface area contributed by atoms with Crippen molar-refractivity contribution >= 4 is 8.56 Å². The second-order valence-electron chi connectivity index (χ2n) is 4.64. The first kappa shape index (κ1) is 16.5. The summed E-state index contributed by atoms with van der Waals surface area (Å²) in [5.74, 6) is 2.03. The summed E-state index contributed by atoms with van der Waals surface area (Å²) < 4.78 is 11.4. The van der Waals surface area contributed by atoms with Crippen LogP contribution in [0, 0.1) is 17.7 Å². The Hall–Kier alpha value is -1.50. The topological polar surface area (TPSA) is 66.8 Å². The zero-order valence-electron chi connectivity index (χ0n) is 11.5. The van der Waals surface area contributed by atoms with Crippen molar-refractivity contribution in [3.63, 3.8) is 0 Å². The molecule has 1 N–H and O–H groups in total. The lowest BCUT2D eigenvalue weighted by Gasteiger charge is -2.37. The van der Waals surface area contributed by atoms with Gasteiger partial charge in [0.05, 0.1) is 0 Å². The molecule has 0 aromatic rings. The highest BCUT2D eigenvalue weighted by molar-refractivity contribution is 6.70. The number of hydrogen-bond acceptors (Lipinski definition) is 4. The van der Waals surface area contributed by atoms with Gasteiger partial charge < -0.3 is 14.0 Å². The Balaban J connectivity index is 5.32. The molecule has 0 bridgehead atoms. The van der Waals surface area contributed by atoms with E-state index < -0.39 is 20.6 Å². The summed E-state index contributed by atoms with van der Waals surface area (Å²) in [6.07, 6.45) is 5.75. The average Bonchev–Trinajstić information content (AvgIpc) is 2.27. The zero-order chi connectivity index (χ0) is 14.3. The molecule has 100 valence electrons. The van der Waals surface area contributed by atoms with E-state index >= 15 is 0 Å². The van der Waals surface area contributed by atoms with Gasteiger partial charge in [0.25, 0.3) is 0 Å². The number of terminal acetylenes is 1. The number of aliphatic hydroxyl groups excluding tert-OH is 1. The number of nitrogens with zero attached hydrogens (tertiary/aromatic N) is 2. The van der Waals surface area contributed by atoms with Gasteiger partial charge in [-0.15, -0.1) is 6.42 Å². The van der Waals surface area contributed by atoms with Crippen LogP contribution in [0.2, 0.25) is 11.1 Å². The lowest BCUT2D eigenvalue weighted by molar-refractivity contribution is 0.111. The third-order valence-corrected chi connectivity index (χ3v) is 7.11. The Morgan fingerprint density at radius 2 is 1.83 bits per heavy atom. The fourth-order valence-corrected chi connectivity index (χ4v) is 5.15. The molecule has 0 aliphatic rings. The number of rotatable bonds is 6. The third kappa shape index (κ3) is 4.06.